The number of hydrogen-bond acceptors (Lipinski definition) is 5. The van der Waals surface area contributed by atoms with E-state index >= 15 is 0 Å². The topological polar surface area (TPSA) is 69.7 Å². The molecule has 2 saturated heterocycles. The summed E-state index contributed by atoms with van der Waals surface area (Å²) in [6.45, 7) is 4.23. The first-order valence-electron chi connectivity index (χ1n) is 11.1. The minimum atomic E-state index is -2.85. The van der Waals surface area contributed by atoms with Crippen molar-refractivity contribution >= 4 is 15.7 Å². The number of hydrogen-bond donors (Lipinski definition) is 1. The van der Waals surface area contributed by atoms with Crippen LogP contribution >= 0.6 is 0 Å². The summed E-state index contributed by atoms with van der Waals surface area (Å²) in [5.74, 6) is 0.666. The largest absolute Gasteiger partial charge is 0.345 e. The van der Waals surface area contributed by atoms with Gasteiger partial charge in [-0.25, -0.2) is 8.42 Å². The molecule has 166 valence electrons. The van der Waals surface area contributed by atoms with E-state index in [1.807, 2.05) is 60.7 Å². The molecule has 2 heterocycles. The van der Waals surface area contributed by atoms with Crippen LogP contribution in [0.25, 0.3) is 0 Å². The predicted octanol–water partition coefficient (Wildman–Crippen LogP) is 2.09. The van der Waals surface area contributed by atoms with Crippen molar-refractivity contribution < 1.29 is 13.2 Å². The second-order valence-corrected chi connectivity index (χ2v) is 10.7. The molecule has 1 N–H and O–H groups in total. The fourth-order valence-electron chi connectivity index (χ4n) is 4.56. The monoisotopic (exact) mass is 441 g/mol. The quantitative estimate of drug-likeness (QED) is 0.713. The fourth-order valence-corrected chi connectivity index (χ4v) is 6.32. The zero-order valence-electron chi connectivity index (χ0n) is 17.8. The van der Waals surface area contributed by atoms with Crippen molar-refractivity contribution in [1.82, 2.24) is 15.1 Å². The Labute approximate surface area is 185 Å². The number of nitrogens with zero attached hydrogens (tertiary/aromatic N) is 2. The standard InChI is InChI=1S/C24H31N3O3S/c28-23(25-24(20-7-3-1-4-8-20)21-9-5-2-6-10-21)11-13-26-14-16-27(17-15-26)22-12-18-31(29,30)19-22/h1-10,22,24H,11-19H2,(H,25,28). The Kier molecular flexibility index (Phi) is 7.05. The minimum Gasteiger partial charge on any atom is -0.345 e. The molecule has 0 saturated carbocycles. The van der Waals surface area contributed by atoms with E-state index in [0.717, 1.165) is 50.3 Å². The van der Waals surface area contributed by atoms with Gasteiger partial charge in [-0.2, -0.15) is 0 Å². The third kappa shape index (κ3) is 5.93. The Morgan fingerprint density at radius 1 is 0.935 bits per heavy atom. The lowest BCUT2D eigenvalue weighted by molar-refractivity contribution is -0.122. The maximum atomic E-state index is 12.8. The third-order valence-corrected chi connectivity index (χ3v) is 8.11. The summed E-state index contributed by atoms with van der Waals surface area (Å²) in [6, 6.07) is 20.1. The van der Waals surface area contributed by atoms with Gasteiger partial charge in [-0.1, -0.05) is 60.7 Å². The first kappa shape index (κ1) is 22.0. The van der Waals surface area contributed by atoms with Crippen molar-refractivity contribution in [3.05, 3.63) is 71.8 Å². The highest BCUT2D eigenvalue weighted by Gasteiger charge is 2.33. The van der Waals surface area contributed by atoms with Crippen LogP contribution in [0.2, 0.25) is 0 Å². The smallest absolute Gasteiger partial charge is 0.222 e. The van der Waals surface area contributed by atoms with E-state index in [2.05, 4.69) is 15.1 Å². The predicted molar refractivity (Wildman–Crippen MR) is 123 cm³/mol. The molecule has 0 radical (unpaired) electrons. The molecule has 2 aliphatic heterocycles. The number of piperazine rings is 1. The molecule has 0 spiro atoms. The highest BCUT2D eigenvalue weighted by molar-refractivity contribution is 7.91. The lowest BCUT2D eigenvalue weighted by Crippen LogP contribution is -2.51. The van der Waals surface area contributed by atoms with Gasteiger partial charge < -0.3 is 10.2 Å². The van der Waals surface area contributed by atoms with Crippen molar-refractivity contribution in [1.29, 1.82) is 0 Å². The Balaban J connectivity index is 1.28. The molecule has 1 amide bonds. The van der Waals surface area contributed by atoms with Crippen molar-refractivity contribution in [3.8, 4) is 0 Å². The highest BCUT2D eigenvalue weighted by Crippen LogP contribution is 2.22. The van der Waals surface area contributed by atoms with E-state index in [4.69, 9.17) is 0 Å². The van der Waals surface area contributed by atoms with Crippen LogP contribution in [-0.2, 0) is 14.6 Å². The second-order valence-electron chi connectivity index (χ2n) is 8.51. The van der Waals surface area contributed by atoms with Crippen molar-refractivity contribution in [2.24, 2.45) is 0 Å². The van der Waals surface area contributed by atoms with Gasteiger partial charge in [0.2, 0.25) is 5.91 Å². The van der Waals surface area contributed by atoms with Crippen molar-refractivity contribution in [2.45, 2.75) is 24.9 Å². The summed E-state index contributed by atoms with van der Waals surface area (Å²) in [4.78, 5) is 17.4. The number of benzene rings is 2. The molecular formula is C24H31N3O3S. The van der Waals surface area contributed by atoms with Crippen LogP contribution < -0.4 is 5.32 Å². The van der Waals surface area contributed by atoms with Gasteiger partial charge >= 0.3 is 0 Å². The number of carbonyl (C=O) groups is 1. The van der Waals surface area contributed by atoms with Gasteiger partial charge in [0.25, 0.3) is 0 Å². The van der Waals surface area contributed by atoms with Gasteiger partial charge in [0, 0.05) is 45.2 Å². The molecule has 6 nitrogen and oxygen atoms in total. The number of carbonyl (C=O) groups excluding carboxylic acids is 1. The van der Waals surface area contributed by atoms with E-state index in [1.165, 1.54) is 0 Å². The molecule has 31 heavy (non-hydrogen) atoms. The number of nitrogens with one attached hydrogen (secondary N) is 1. The summed E-state index contributed by atoms with van der Waals surface area (Å²) in [7, 11) is -2.85. The number of rotatable bonds is 7. The second kappa shape index (κ2) is 9.94. The average molecular weight is 442 g/mol. The average Bonchev–Trinajstić information content (AvgIpc) is 3.17. The lowest BCUT2D eigenvalue weighted by Gasteiger charge is -2.37. The van der Waals surface area contributed by atoms with Gasteiger partial charge in [0.15, 0.2) is 9.84 Å². The summed E-state index contributed by atoms with van der Waals surface area (Å²) < 4.78 is 23.5. The zero-order chi connectivity index (χ0) is 21.7. The number of amides is 1. The van der Waals surface area contributed by atoms with E-state index in [1.54, 1.807) is 0 Å². The molecule has 2 aliphatic rings. The van der Waals surface area contributed by atoms with Crippen LogP contribution in [0, 0.1) is 0 Å². The van der Waals surface area contributed by atoms with Gasteiger partial charge in [-0.05, 0) is 17.5 Å². The molecule has 1 atom stereocenters. The summed E-state index contributed by atoms with van der Waals surface area (Å²) >= 11 is 0. The molecule has 0 bridgehead atoms. The van der Waals surface area contributed by atoms with Gasteiger partial charge in [0.1, 0.15) is 0 Å². The van der Waals surface area contributed by atoms with Crippen LogP contribution in [0.5, 0.6) is 0 Å². The molecule has 2 fully saturated rings. The summed E-state index contributed by atoms with van der Waals surface area (Å²) in [6.07, 6.45) is 1.21. The van der Waals surface area contributed by atoms with Crippen molar-refractivity contribution in [2.75, 3.05) is 44.2 Å². The molecule has 4 rings (SSSR count). The molecule has 0 aliphatic carbocycles. The minimum absolute atomic E-state index is 0.0435. The Bertz CT molecular complexity index is 919. The lowest BCUT2D eigenvalue weighted by atomic mass is 9.98. The van der Waals surface area contributed by atoms with E-state index < -0.39 is 9.84 Å². The SMILES string of the molecule is O=C(CCN1CCN(C2CCS(=O)(=O)C2)CC1)NC(c1ccccc1)c1ccccc1. The first-order valence-corrected chi connectivity index (χ1v) is 12.9. The normalized spacial score (nSPS) is 21.9. The van der Waals surface area contributed by atoms with Crippen LogP contribution in [0.1, 0.15) is 30.0 Å². The molecular weight excluding hydrogens is 410 g/mol. The van der Waals surface area contributed by atoms with Gasteiger partial charge in [-0.3, -0.25) is 9.69 Å². The Hall–Kier alpha value is -2.22. The molecule has 0 aromatic heterocycles. The molecule has 2 aromatic rings. The van der Waals surface area contributed by atoms with Gasteiger partial charge in [-0.15, -0.1) is 0 Å². The Morgan fingerprint density at radius 3 is 2.03 bits per heavy atom. The van der Waals surface area contributed by atoms with Crippen molar-refractivity contribution in [3.63, 3.8) is 0 Å². The zero-order valence-corrected chi connectivity index (χ0v) is 18.6. The van der Waals surface area contributed by atoms with Crippen LogP contribution in [0.4, 0.5) is 0 Å². The molecule has 7 heteroatoms. The van der Waals surface area contributed by atoms with E-state index in [-0.39, 0.29) is 18.0 Å². The highest BCUT2D eigenvalue weighted by atomic mass is 32.2. The van der Waals surface area contributed by atoms with E-state index in [9.17, 15) is 13.2 Å². The summed E-state index contributed by atoms with van der Waals surface area (Å²) in [5.41, 5.74) is 2.14. The van der Waals surface area contributed by atoms with Gasteiger partial charge in [0.05, 0.1) is 17.5 Å². The molecule has 1 unspecified atom stereocenters. The van der Waals surface area contributed by atoms with Crippen LogP contribution in [0.3, 0.4) is 0 Å². The van der Waals surface area contributed by atoms with Crippen LogP contribution in [0.15, 0.2) is 60.7 Å². The maximum absolute atomic E-state index is 12.8. The fraction of sp³-hybridized carbons (Fsp3) is 0.458. The Morgan fingerprint density at radius 2 is 1.52 bits per heavy atom. The van der Waals surface area contributed by atoms with Crippen LogP contribution in [-0.4, -0.2) is 74.4 Å². The summed E-state index contributed by atoms with van der Waals surface area (Å²) in [5, 5.41) is 3.21. The number of sulfone groups is 1. The third-order valence-electron chi connectivity index (χ3n) is 6.36. The maximum Gasteiger partial charge on any atom is 0.222 e. The molecule has 2 aromatic carbocycles. The first-order chi connectivity index (χ1) is 15.0. The van der Waals surface area contributed by atoms with E-state index in [0.29, 0.717) is 17.9 Å².